The number of allylic oxidation sites excluding steroid dienone is 2. The van der Waals surface area contributed by atoms with Crippen molar-refractivity contribution in [3.8, 4) is 0 Å². The molecule has 0 spiro atoms. The first kappa shape index (κ1) is 23.7. The van der Waals surface area contributed by atoms with Crippen molar-refractivity contribution in [1.82, 2.24) is 4.90 Å². The van der Waals surface area contributed by atoms with Gasteiger partial charge in [0.15, 0.2) is 0 Å². The molecule has 2 aromatic carbocycles. The number of carbonyl (C=O) groups is 2. The molecule has 1 aliphatic rings. The molecule has 1 fully saturated rings. The van der Waals surface area contributed by atoms with E-state index in [-0.39, 0.29) is 24.6 Å². The summed E-state index contributed by atoms with van der Waals surface area (Å²) in [4.78, 5) is 26.7. The number of nitrogens with one attached hydrogen (secondary N) is 1. The summed E-state index contributed by atoms with van der Waals surface area (Å²) in [6.07, 6.45) is -1.12. The molecule has 1 aliphatic heterocycles. The zero-order chi connectivity index (χ0) is 23.3. The SMILES string of the molecule is CC(=Cc1ccccc1)C=C1SC(=S)N(CCC(=O)Nc2ccccc2C(F)(F)F)C1=O. The number of thiocarbonyl (C=S) groups is 1. The van der Waals surface area contributed by atoms with Gasteiger partial charge < -0.3 is 5.32 Å². The Hall–Kier alpha value is -2.91. The number of nitrogens with zero attached hydrogens (tertiary/aromatic N) is 1. The Morgan fingerprint density at radius 3 is 2.47 bits per heavy atom. The average molecular weight is 477 g/mol. The normalized spacial score (nSPS) is 16.1. The van der Waals surface area contributed by atoms with Gasteiger partial charge in [-0.15, -0.1) is 0 Å². The number of carbonyl (C=O) groups excluding carboxylic acids is 2. The van der Waals surface area contributed by atoms with E-state index in [0.717, 1.165) is 29.0 Å². The lowest BCUT2D eigenvalue weighted by Gasteiger charge is -2.16. The number of para-hydroxylation sites is 1. The van der Waals surface area contributed by atoms with E-state index in [1.54, 1.807) is 6.08 Å². The zero-order valence-electron chi connectivity index (χ0n) is 17.0. The lowest BCUT2D eigenvalue weighted by molar-refractivity contribution is -0.137. The van der Waals surface area contributed by atoms with Gasteiger partial charge in [-0.25, -0.2) is 0 Å². The molecule has 1 N–H and O–H groups in total. The zero-order valence-corrected chi connectivity index (χ0v) is 18.6. The van der Waals surface area contributed by atoms with E-state index in [1.807, 2.05) is 43.3 Å². The number of rotatable bonds is 6. The quantitative estimate of drug-likeness (QED) is 0.418. The lowest BCUT2D eigenvalue weighted by atomic mass is 10.1. The van der Waals surface area contributed by atoms with Crippen molar-refractivity contribution in [3.05, 3.63) is 82.3 Å². The predicted molar refractivity (Wildman–Crippen MR) is 125 cm³/mol. The minimum absolute atomic E-state index is 0.0243. The van der Waals surface area contributed by atoms with Crippen molar-refractivity contribution in [2.75, 3.05) is 11.9 Å². The highest BCUT2D eigenvalue weighted by molar-refractivity contribution is 8.26. The van der Waals surface area contributed by atoms with Crippen LogP contribution in [0.4, 0.5) is 18.9 Å². The molecule has 0 atom stereocenters. The second-order valence-corrected chi connectivity index (χ2v) is 8.65. The Kier molecular flexibility index (Phi) is 7.52. The van der Waals surface area contributed by atoms with Crippen LogP contribution in [0.15, 0.2) is 71.2 Å². The first-order chi connectivity index (χ1) is 15.1. The highest BCUT2D eigenvalue weighted by atomic mass is 32.2. The van der Waals surface area contributed by atoms with Gasteiger partial charge >= 0.3 is 6.18 Å². The van der Waals surface area contributed by atoms with E-state index in [9.17, 15) is 22.8 Å². The Bertz CT molecular complexity index is 1100. The van der Waals surface area contributed by atoms with E-state index in [1.165, 1.54) is 23.1 Å². The molecule has 1 saturated heterocycles. The van der Waals surface area contributed by atoms with E-state index >= 15 is 0 Å². The Morgan fingerprint density at radius 1 is 1.12 bits per heavy atom. The molecule has 0 unspecified atom stereocenters. The minimum Gasteiger partial charge on any atom is -0.325 e. The van der Waals surface area contributed by atoms with E-state index in [4.69, 9.17) is 12.2 Å². The van der Waals surface area contributed by atoms with Crippen LogP contribution in [-0.2, 0) is 15.8 Å². The van der Waals surface area contributed by atoms with Gasteiger partial charge in [0, 0.05) is 13.0 Å². The van der Waals surface area contributed by atoms with Gasteiger partial charge in [-0.2, -0.15) is 13.2 Å². The van der Waals surface area contributed by atoms with Crippen LogP contribution in [0.1, 0.15) is 24.5 Å². The lowest BCUT2D eigenvalue weighted by Crippen LogP contribution is -2.31. The fourth-order valence-electron chi connectivity index (χ4n) is 3.02. The summed E-state index contributed by atoms with van der Waals surface area (Å²) in [5.74, 6) is -0.968. The molecular formula is C23H19F3N2O2S2. The first-order valence-corrected chi connectivity index (χ1v) is 10.8. The largest absolute Gasteiger partial charge is 0.418 e. The van der Waals surface area contributed by atoms with Crippen LogP contribution >= 0.6 is 24.0 Å². The van der Waals surface area contributed by atoms with Gasteiger partial charge in [-0.1, -0.05) is 72.5 Å². The second kappa shape index (κ2) is 10.1. The van der Waals surface area contributed by atoms with Gasteiger partial charge in [0.1, 0.15) is 4.32 Å². The number of amides is 2. The Labute approximate surface area is 193 Å². The molecule has 0 radical (unpaired) electrons. The fourth-order valence-corrected chi connectivity index (χ4v) is 4.38. The average Bonchev–Trinajstić information content (AvgIpc) is 2.99. The van der Waals surface area contributed by atoms with Crippen LogP contribution in [0.5, 0.6) is 0 Å². The number of halogens is 3. The van der Waals surface area contributed by atoms with Gasteiger partial charge in [-0.05, 0) is 36.3 Å². The third kappa shape index (κ3) is 6.08. The van der Waals surface area contributed by atoms with Crippen molar-refractivity contribution in [2.24, 2.45) is 0 Å². The van der Waals surface area contributed by atoms with Crippen LogP contribution < -0.4 is 5.32 Å². The summed E-state index contributed by atoms with van der Waals surface area (Å²) in [5, 5.41) is 2.27. The number of benzene rings is 2. The van der Waals surface area contributed by atoms with E-state index < -0.39 is 17.6 Å². The molecule has 32 heavy (non-hydrogen) atoms. The first-order valence-electron chi connectivity index (χ1n) is 9.60. The number of alkyl halides is 3. The van der Waals surface area contributed by atoms with E-state index in [2.05, 4.69) is 5.32 Å². The molecule has 0 bridgehead atoms. The molecule has 2 aromatic rings. The molecule has 2 amide bonds. The maximum absolute atomic E-state index is 13.1. The van der Waals surface area contributed by atoms with Crippen molar-refractivity contribution >= 4 is 51.9 Å². The Balaban J connectivity index is 1.63. The predicted octanol–water partition coefficient (Wildman–Crippen LogP) is 5.88. The monoisotopic (exact) mass is 476 g/mol. The van der Waals surface area contributed by atoms with Gasteiger partial charge in [0.2, 0.25) is 5.91 Å². The molecule has 0 aromatic heterocycles. The third-order valence-electron chi connectivity index (χ3n) is 4.50. The van der Waals surface area contributed by atoms with Gasteiger partial charge in [-0.3, -0.25) is 14.5 Å². The summed E-state index contributed by atoms with van der Waals surface area (Å²) in [6.45, 7) is 1.84. The second-order valence-electron chi connectivity index (χ2n) is 6.97. The minimum atomic E-state index is -4.59. The summed E-state index contributed by atoms with van der Waals surface area (Å²) in [7, 11) is 0. The number of anilines is 1. The van der Waals surface area contributed by atoms with Crippen LogP contribution in [0.25, 0.3) is 6.08 Å². The van der Waals surface area contributed by atoms with Crippen molar-refractivity contribution in [1.29, 1.82) is 0 Å². The molecule has 9 heteroatoms. The molecular weight excluding hydrogens is 457 g/mol. The molecule has 1 heterocycles. The van der Waals surface area contributed by atoms with Crippen LogP contribution in [0.3, 0.4) is 0 Å². The van der Waals surface area contributed by atoms with Crippen LogP contribution in [0.2, 0.25) is 0 Å². The molecule has 4 nitrogen and oxygen atoms in total. The summed E-state index contributed by atoms with van der Waals surface area (Å²) in [6, 6.07) is 14.4. The highest BCUT2D eigenvalue weighted by Crippen LogP contribution is 2.35. The number of hydrogen-bond acceptors (Lipinski definition) is 4. The van der Waals surface area contributed by atoms with Crippen LogP contribution in [0, 0.1) is 0 Å². The number of hydrogen-bond donors (Lipinski definition) is 1. The summed E-state index contributed by atoms with van der Waals surface area (Å²) >= 11 is 6.39. The topological polar surface area (TPSA) is 49.4 Å². The highest BCUT2D eigenvalue weighted by Gasteiger charge is 2.34. The van der Waals surface area contributed by atoms with E-state index in [0.29, 0.717) is 9.23 Å². The number of thioether (sulfide) groups is 1. The Morgan fingerprint density at radius 2 is 1.78 bits per heavy atom. The maximum Gasteiger partial charge on any atom is 0.418 e. The molecule has 3 rings (SSSR count). The molecule has 0 aliphatic carbocycles. The van der Waals surface area contributed by atoms with Gasteiger partial charge in [0.05, 0.1) is 16.2 Å². The van der Waals surface area contributed by atoms with Crippen molar-refractivity contribution < 1.29 is 22.8 Å². The summed E-state index contributed by atoms with van der Waals surface area (Å²) < 4.78 is 39.6. The molecule has 166 valence electrons. The van der Waals surface area contributed by atoms with Gasteiger partial charge in [0.25, 0.3) is 5.91 Å². The van der Waals surface area contributed by atoms with Crippen LogP contribution in [-0.4, -0.2) is 27.6 Å². The smallest absolute Gasteiger partial charge is 0.325 e. The maximum atomic E-state index is 13.1. The fraction of sp³-hybridized carbons (Fsp3) is 0.174. The standard InChI is InChI=1S/C23H19F3N2O2S2/c1-15(13-16-7-3-2-4-8-16)14-19-21(30)28(22(31)32-19)12-11-20(29)27-18-10-6-5-9-17(18)23(24,25)26/h2-10,13-14H,11-12H2,1H3,(H,27,29). The van der Waals surface area contributed by atoms with Crippen molar-refractivity contribution in [2.45, 2.75) is 19.5 Å². The molecule has 0 saturated carbocycles. The summed E-state index contributed by atoms with van der Waals surface area (Å²) in [5.41, 5.74) is 0.602. The third-order valence-corrected chi connectivity index (χ3v) is 5.87. The van der Waals surface area contributed by atoms with Crippen molar-refractivity contribution in [3.63, 3.8) is 0 Å².